The molecule has 1 fully saturated rings. The zero-order valence-corrected chi connectivity index (χ0v) is 12.8. The molecule has 21 heavy (non-hydrogen) atoms. The van der Waals surface area contributed by atoms with Gasteiger partial charge in [0.25, 0.3) is 0 Å². The first-order valence-electron chi connectivity index (χ1n) is 7.42. The highest BCUT2D eigenvalue weighted by molar-refractivity contribution is 5.56. The summed E-state index contributed by atoms with van der Waals surface area (Å²) in [6, 6.07) is 2.34. The molecule has 1 aliphatic rings. The first kappa shape index (κ1) is 15.6. The summed E-state index contributed by atoms with van der Waals surface area (Å²) in [4.78, 5) is 10.4. The highest BCUT2D eigenvalue weighted by Gasteiger charge is 2.24. The van der Waals surface area contributed by atoms with Crippen molar-refractivity contribution in [2.24, 2.45) is 0 Å². The quantitative estimate of drug-likeness (QED) is 0.596. The van der Waals surface area contributed by atoms with Crippen molar-refractivity contribution in [3.8, 4) is 5.88 Å². The lowest BCUT2D eigenvalue weighted by Crippen LogP contribution is -2.35. The van der Waals surface area contributed by atoms with Crippen LogP contribution in [-0.4, -0.2) is 44.9 Å². The molecule has 0 aliphatic carbocycles. The van der Waals surface area contributed by atoms with Gasteiger partial charge in [-0.1, -0.05) is 0 Å². The Morgan fingerprint density at radius 3 is 2.76 bits per heavy atom. The lowest BCUT2D eigenvalue weighted by Gasteiger charge is -2.30. The van der Waals surface area contributed by atoms with E-state index in [1.165, 1.54) is 5.56 Å². The van der Waals surface area contributed by atoms with Crippen molar-refractivity contribution >= 4 is 5.69 Å². The van der Waals surface area contributed by atoms with E-state index in [0.717, 1.165) is 51.1 Å². The van der Waals surface area contributed by atoms with Crippen LogP contribution in [0.25, 0.3) is 4.85 Å². The van der Waals surface area contributed by atoms with E-state index < -0.39 is 0 Å². The average molecular weight is 289 g/mol. The SMILES string of the molecule is [C-]#[N+]C1CCN(c2cc(CCCOC)cnc2OC)CC1. The summed E-state index contributed by atoms with van der Waals surface area (Å²) < 4.78 is 10.5. The second kappa shape index (κ2) is 7.84. The van der Waals surface area contributed by atoms with Gasteiger partial charge in [-0.3, -0.25) is 0 Å². The maximum absolute atomic E-state index is 7.13. The molecular weight excluding hydrogens is 266 g/mol. The molecule has 1 aromatic rings. The topological polar surface area (TPSA) is 39.0 Å². The van der Waals surface area contributed by atoms with Gasteiger partial charge in [0.15, 0.2) is 0 Å². The summed E-state index contributed by atoms with van der Waals surface area (Å²) in [7, 11) is 3.38. The minimum atomic E-state index is 0.171. The van der Waals surface area contributed by atoms with Gasteiger partial charge in [-0.15, -0.1) is 0 Å². The summed E-state index contributed by atoms with van der Waals surface area (Å²) in [5.41, 5.74) is 2.26. The third kappa shape index (κ3) is 4.08. The molecule has 1 aromatic heterocycles. The van der Waals surface area contributed by atoms with E-state index in [-0.39, 0.29) is 6.04 Å². The number of pyridine rings is 1. The number of rotatable bonds is 6. The molecule has 5 nitrogen and oxygen atoms in total. The van der Waals surface area contributed by atoms with Gasteiger partial charge < -0.3 is 19.2 Å². The largest absolute Gasteiger partial charge is 0.480 e. The lowest BCUT2D eigenvalue weighted by atomic mass is 10.0. The molecule has 0 spiro atoms. The standard InChI is InChI=1S/C16H23N3O2/c1-17-14-6-8-19(9-7-14)15-11-13(5-4-10-20-2)12-18-16(15)21-3/h11-12,14H,4-10H2,2-3H3. The summed E-state index contributed by atoms with van der Waals surface area (Å²) >= 11 is 0. The molecule has 5 heteroatoms. The molecule has 2 heterocycles. The molecule has 0 aromatic carbocycles. The number of methoxy groups -OCH3 is 2. The second-order valence-electron chi connectivity index (χ2n) is 5.32. The van der Waals surface area contributed by atoms with E-state index in [1.54, 1.807) is 14.2 Å². The Labute approximate surface area is 126 Å². The van der Waals surface area contributed by atoms with Crippen molar-refractivity contribution in [2.45, 2.75) is 31.7 Å². The molecule has 0 amide bonds. The van der Waals surface area contributed by atoms with Gasteiger partial charge in [-0.25, -0.2) is 11.6 Å². The molecular formula is C16H23N3O2. The maximum Gasteiger partial charge on any atom is 0.237 e. The third-order valence-corrected chi connectivity index (χ3v) is 3.88. The zero-order valence-electron chi connectivity index (χ0n) is 12.8. The fourth-order valence-electron chi connectivity index (χ4n) is 2.66. The number of hydrogen-bond acceptors (Lipinski definition) is 4. The highest BCUT2D eigenvalue weighted by atomic mass is 16.5. The Hall–Kier alpha value is -1.80. The van der Waals surface area contributed by atoms with Crippen molar-refractivity contribution in [1.82, 2.24) is 4.98 Å². The highest BCUT2D eigenvalue weighted by Crippen LogP contribution is 2.30. The molecule has 0 radical (unpaired) electrons. The van der Waals surface area contributed by atoms with Crippen molar-refractivity contribution < 1.29 is 9.47 Å². The van der Waals surface area contributed by atoms with Crippen molar-refractivity contribution in [3.63, 3.8) is 0 Å². The number of nitrogens with zero attached hydrogens (tertiary/aromatic N) is 3. The fourth-order valence-corrected chi connectivity index (χ4v) is 2.66. The number of hydrogen-bond donors (Lipinski definition) is 0. The minimum Gasteiger partial charge on any atom is -0.480 e. The van der Waals surface area contributed by atoms with Crippen LogP contribution in [0.3, 0.4) is 0 Å². The molecule has 1 aliphatic heterocycles. The fraction of sp³-hybridized carbons (Fsp3) is 0.625. The van der Waals surface area contributed by atoms with Crippen LogP contribution >= 0.6 is 0 Å². The van der Waals surface area contributed by atoms with Gasteiger partial charge in [-0.2, -0.15) is 0 Å². The predicted octanol–water partition coefficient (Wildman–Crippen LogP) is 2.56. The second-order valence-corrected chi connectivity index (χ2v) is 5.32. The summed E-state index contributed by atoms with van der Waals surface area (Å²) in [5.74, 6) is 0.673. The predicted molar refractivity (Wildman–Crippen MR) is 82.8 cm³/mol. The van der Waals surface area contributed by atoms with Gasteiger partial charge >= 0.3 is 0 Å². The number of ether oxygens (including phenoxy) is 2. The van der Waals surface area contributed by atoms with Crippen LogP contribution in [-0.2, 0) is 11.2 Å². The van der Waals surface area contributed by atoms with Crippen molar-refractivity contribution in [2.75, 3.05) is 38.8 Å². The molecule has 0 N–H and O–H groups in total. The number of anilines is 1. The third-order valence-electron chi connectivity index (χ3n) is 3.88. The van der Waals surface area contributed by atoms with Crippen LogP contribution < -0.4 is 9.64 Å². The van der Waals surface area contributed by atoms with E-state index in [4.69, 9.17) is 16.0 Å². The number of aromatic nitrogens is 1. The Kier molecular flexibility index (Phi) is 5.82. The van der Waals surface area contributed by atoms with E-state index in [1.807, 2.05) is 6.20 Å². The van der Waals surface area contributed by atoms with Gasteiger partial charge in [0, 0.05) is 45.8 Å². The van der Waals surface area contributed by atoms with Gasteiger partial charge in [0.05, 0.1) is 7.11 Å². The normalized spacial score (nSPS) is 15.8. The Balaban J connectivity index is 2.09. The Morgan fingerprint density at radius 1 is 1.38 bits per heavy atom. The molecule has 0 saturated carbocycles. The maximum atomic E-state index is 7.13. The lowest BCUT2D eigenvalue weighted by molar-refractivity contribution is 0.195. The van der Waals surface area contributed by atoms with Crippen LogP contribution in [0, 0.1) is 6.57 Å². The van der Waals surface area contributed by atoms with Crippen molar-refractivity contribution in [3.05, 3.63) is 29.2 Å². The summed E-state index contributed by atoms with van der Waals surface area (Å²) in [6.45, 7) is 9.68. The van der Waals surface area contributed by atoms with E-state index in [2.05, 4.69) is 20.8 Å². The van der Waals surface area contributed by atoms with Crippen LogP contribution in [0.15, 0.2) is 12.3 Å². The molecule has 114 valence electrons. The van der Waals surface area contributed by atoms with Crippen LogP contribution in [0.1, 0.15) is 24.8 Å². The Bertz CT molecular complexity index is 491. The van der Waals surface area contributed by atoms with Gasteiger partial charge in [-0.05, 0) is 24.5 Å². The van der Waals surface area contributed by atoms with E-state index >= 15 is 0 Å². The molecule has 1 saturated heterocycles. The van der Waals surface area contributed by atoms with Crippen LogP contribution in [0.5, 0.6) is 5.88 Å². The van der Waals surface area contributed by atoms with E-state index in [0.29, 0.717) is 5.88 Å². The van der Waals surface area contributed by atoms with Gasteiger partial charge in [0.1, 0.15) is 5.69 Å². The Morgan fingerprint density at radius 2 is 2.14 bits per heavy atom. The van der Waals surface area contributed by atoms with Crippen LogP contribution in [0.4, 0.5) is 5.69 Å². The molecule has 0 atom stereocenters. The van der Waals surface area contributed by atoms with Crippen LogP contribution in [0.2, 0.25) is 0 Å². The van der Waals surface area contributed by atoms with Gasteiger partial charge in [0.2, 0.25) is 11.9 Å². The van der Waals surface area contributed by atoms with E-state index in [9.17, 15) is 0 Å². The monoisotopic (exact) mass is 289 g/mol. The summed E-state index contributed by atoms with van der Waals surface area (Å²) in [6.07, 6.45) is 5.66. The average Bonchev–Trinajstić information content (AvgIpc) is 2.55. The molecule has 0 unspecified atom stereocenters. The molecule has 0 bridgehead atoms. The number of aryl methyl sites for hydroxylation is 1. The minimum absolute atomic E-state index is 0.171. The van der Waals surface area contributed by atoms with Crippen molar-refractivity contribution in [1.29, 1.82) is 0 Å². The zero-order chi connectivity index (χ0) is 15.1. The first-order valence-corrected chi connectivity index (χ1v) is 7.42. The molecule has 2 rings (SSSR count). The summed E-state index contributed by atoms with van der Waals surface area (Å²) in [5, 5.41) is 0. The smallest absolute Gasteiger partial charge is 0.237 e. The number of piperidine rings is 1. The first-order chi connectivity index (χ1) is 10.3.